The summed E-state index contributed by atoms with van der Waals surface area (Å²) in [6, 6.07) is 20.1. The van der Waals surface area contributed by atoms with Crippen LogP contribution < -0.4 is 5.32 Å². The Hall–Kier alpha value is -0.910. The van der Waals surface area contributed by atoms with E-state index in [1.165, 1.54) is 27.7 Å². The van der Waals surface area contributed by atoms with E-state index in [0.717, 1.165) is 19.6 Å². The van der Waals surface area contributed by atoms with Crippen LogP contribution >= 0.6 is 22.6 Å². The summed E-state index contributed by atoms with van der Waals surface area (Å²) in [5.41, 5.74) is 2.80. The first kappa shape index (κ1) is 15.0. The van der Waals surface area contributed by atoms with Crippen molar-refractivity contribution in [2.24, 2.45) is 0 Å². The first-order valence-electron chi connectivity index (χ1n) is 7.56. The van der Waals surface area contributed by atoms with Crippen LogP contribution in [-0.4, -0.2) is 24.5 Å². The number of hydrogen-bond donors (Lipinski definition) is 1. The van der Waals surface area contributed by atoms with Gasteiger partial charge in [0.2, 0.25) is 0 Å². The molecule has 2 aromatic carbocycles. The second-order valence-corrected chi connectivity index (χ2v) is 6.88. The molecule has 1 atom stereocenters. The maximum Gasteiger partial charge on any atom is 0.0449 e. The molecule has 110 valence electrons. The zero-order valence-corrected chi connectivity index (χ0v) is 14.3. The van der Waals surface area contributed by atoms with Gasteiger partial charge in [-0.15, -0.1) is 0 Å². The van der Waals surface area contributed by atoms with Crippen molar-refractivity contribution in [1.29, 1.82) is 0 Å². The number of nitrogens with one attached hydrogen (secondary N) is 1. The molecule has 0 aliphatic carbocycles. The van der Waals surface area contributed by atoms with Crippen molar-refractivity contribution in [2.45, 2.75) is 19.0 Å². The molecule has 1 N–H and O–H groups in total. The van der Waals surface area contributed by atoms with E-state index in [0.29, 0.717) is 6.04 Å². The molecular formula is C18H21IN2. The quantitative estimate of drug-likeness (QED) is 0.799. The fraction of sp³-hybridized carbons (Fsp3) is 0.333. The Morgan fingerprint density at radius 3 is 2.57 bits per heavy atom. The zero-order valence-electron chi connectivity index (χ0n) is 12.1. The van der Waals surface area contributed by atoms with Crippen LogP contribution in [0.1, 0.15) is 23.6 Å². The van der Waals surface area contributed by atoms with Gasteiger partial charge in [0, 0.05) is 22.7 Å². The minimum atomic E-state index is 0.442. The summed E-state index contributed by atoms with van der Waals surface area (Å²) in [6.07, 6.45) is 1.22. The zero-order chi connectivity index (χ0) is 14.5. The highest BCUT2D eigenvalue weighted by atomic mass is 127. The van der Waals surface area contributed by atoms with Gasteiger partial charge in [0.15, 0.2) is 0 Å². The highest BCUT2D eigenvalue weighted by Crippen LogP contribution is 2.18. The van der Waals surface area contributed by atoms with Crippen molar-refractivity contribution >= 4 is 22.6 Å². The third-order valence-electron chi connectivity index (χ3n) is 4.00. The molecule has 0 amide bonds. The van der Waals surface area contributed by atoms with Crippen LogP contribution in [0.5, 0.6) is 0 Å². The SMILES string of the molecule is Ic1ccc(CN2CCCNC(c3ccccc3)C2)cc1. The third-order valence-corrected chi connectivity index (χ3v) is 4.72. The van der Waals surface area contributed by atoms with E-state index >= 15 is 0 Å². The minimum absolute atomic E-state index is 0.442. The molecule has 0 spiro atoms. The second-order valence-electron chi connectivity index (χ2n) is 5.63. The smallest absolute Gasteiger partial charge is 0.0449 e. The molecule has 3 heteroatoms. The molecular weight excluding hydrogens is 371 g/mol. The first-order valence-corrected chi connectivity index (χ1v) is 8.64. The van der Waals surface area contributed by atoms with Crippen LogP contribution in [0.4, 0.5) is 0 Å². The summed E-state index contributed by atoms with van der Waals surface area (Å²) in [4.78, 5) is 2.57. The maximum atomic E-state index is 3.68. The molecule has 1 aliphatic rings. The Balaban J connectivity index is 1.69. The van der Waals surface area contributed by atoms with E-state index in [9.17, 15) is 0 Å². The van der Waals surface area contributed by atoms with Crippen molar-refractivity contribution in [3.8, 4) is 0 Å². The van der Waals surface area contributed by atoms with Crippen LogP contribution in [0, 0.1) is 3.57 Å². The van der Waals surface area contributed by atoms with Crippen LogP contribution in [-0.2, 0) is 6.54 Å². The Morgan fingerprint density at radius 1 is 1.05 bits per heavy atom. The van der Waals surface area contributed by atoms with Gasteiger partial charge in [-0.05, 0) is 65.4 Å². The Bertz CT molecular complexity index is 553. The van der Waals surface area contributed by atoms with Gasteiger partial charge in [0.05, 0.1) is 0 Å². The lowest BCUT2D eigenvalue weighted by molar-refractivity contribution is 0.261. The third kappa shape index (κ3) is 4.28. The summed E-state index contributed by atoms with van der Waals surface area (Å²) >= 11 is 2.36. The molecule has 1 saturated heterocycles. The molecule has 1 aliphatic heterocycles. The fourth-order valence-electron chi connectivity index (χ4n) is 2.89. The lowest BCUT2D eigenvalue weighted by Crippen LogP contribution is -2.31. The molecule has 0 radical (unpaired) electrons. The van der Waals surface area contributed by atoms with Gasteiger partial charge in [0.1, 0.15) is 0 Å². The van der Waals surface area contributed by atoms with E-state index in [1.54, 1.807) is 0 Å². The summed E-state index contributed by atoms with van der Waals surface area (Å²) in [7, 11) is 0. The minimum Gasteiger partial charge on any atom is -0.309 e. The Morgan fingerprint density at radius 2 is 1.81 bits per heavy atom. The number of nitrogens with zero attached hydrogens (tertiary/aromatic N) is 1. The summed E-state index contributed by atoms with van der Waals surface area (Å²) in [6.45, 7) is 4.39. The number of hydrogen-bond acceptors (Lipinski definition) is 2. The second kappa shape index (κ2) is 7.38. The van der Waals surface area contributed by atoms with Crippen LogP contribution in [0.2, 0.25) is 0 Å². The molecule has 21 heavy (non-hydrogen) atoms. The highest BCUT2D eigenvalue weighted by molar-refractivity contribution is 14.1. The van der Waals surface area contributed by atoms with Crippen molar-refractivity contribution in [2.75, 3.05) is 19.6 Å². The van der Waals surface area contributed by atoms with Gasteiger partial charge >= 0.3 is 0 Å². The van der Waals surface area contributed by atoms with Crippen molar-refractivity contribution in [1.82, 2.24) is 10.2 Å². The topological polar surface area (TPSA) is 15.3 Å². The molecule has 0 saturated carbocycles. The molecule has 3 rings (SSSR count). The number of benzene rings is 2. The molecule has 0 bridgehead atoms. The molecule has 1 heterocycles. The van der Waals surface area contributed by atoms with Crippen LogP contribution in [0.25, 0.3) is 0 Å². The van der Waals surface area contributed by atoms with E-state index < -0.39 is 0 Å². The van der Waals surface area contributed by atoms with Crippen molar-refractivity contribution in [3.63, 3.8) is 0 Å². The summed E-state index contributed by atoms with van der Waals surface area (Å²) in [5, 5.41) is 3.68. The largest absolute Gasteiger partial charge is 0.309 e. The lowest BCUT2D eigenvalue weighted by atomic mass is 10.1. The molecule has 2 aromatic rings. The maximum absolute atomic E-state index is 3.68. The number of rotatable bonds is 3. The van der Waals surface area contributed by atoms with E-state index in [1.807, 2.05) is 0 Å². The molecule has 0 aromatic heterocycles. The first-order chi connectivity index (χ1) is 10.3. The van der Waals surface area contributed by atoms with E-state index in [4.69, 9.17) is 0 Å². The standard InChI is InChI=1S/C18H21IN2/c19-17-9-7-15(8-10-17)13-21-12-4-11-20-18(14-21)16-5-2-1-3-6-16/h1-3,5-10,18,20H,4,11-14H2. The number of halogens is 1. The van der Waals surface area contributed by atoms with Gasteiger partial charge < -0.3 is 5.32 Å². The van der Waals surface area contributed by atoms with Gasteiger partial charge in [-0.1, -0.05) is 42.5 Å². The van der Waals surface area contributed by atoms with Crippen LogP contribution in [0.15, 0.2) is 54.6 Å². The predicted molar refractivity (Wildman–Crippen MR) is 96.2 cm³/mol. The summed E-state index contributed by atoms with van der Waals surface area (Å²) in [5.74, 6) is 0. The lowest BCUT2D eigenvalue weighted by Gasteiger charge is -2.24. The summed E-state index contributed by atoms with van der Waals surface area (Å²) < 4.78 is 1.30. The average Bonchev–Trinajstić information content (AvgIpc) is 2.76. The fourth-order valence-corrected chi connectivity index (χ4v) is 3.25. The van der Waals surface area contributed by atoms with E-state index in [-0.39, 0.29) is 0 Å². The molecule has 2 nitrogen and oxygen atoms in total. The molecule has 1 unspecified atom stereocenters. The van der Waals surface area contributed by atoms with Gasteiger partial charge in [-0.25, -0.2) is 0 Å². The monoisotopic (exact) mass is 392 g/mol. The van der Waals surface area contributed by atoms with E-state index in [2.05, 4.69) is 87.4 Å². The normalized spacial score (nSPS) is 20.1. The Labute approximate surface area is 140 Å². The van der Waals surface area contributed by atoms with Gasteiger partial charge in [0.25, 0.3) is 0 Å². The molecule has 1 fully saturated rings. The highest BCUT2D eigenvalue weighted by Gasteiger charge is 2.18. The van der Waals surface area contributed by atoms with Crippen molar-refractivity contribution < 1.29 is 0 Å². The van der Waals surface area contributed by atoms with Gasteiger partial charge in [-0.3, -0.25) is 4.90 Å². The van der Waals surface area contributed by atoms with Gasteiger partial charge in [-0.2, -0.15) is 0 Å². The average molecular weight is 392 g/mol. The predicted octanol–water partition coefficient (Wildman–Crippen LogP) is 3.83. The Kier molecular flexibility index (Phi) is 5.27. The van der Waals surface area contributed by atoms with Crippen molar-refractivity contribution in [3.05, 3.63) is 69.3 Å². The van der Waals surface area contributed by atoms with Crippen LogP contribution in [0.3, 0.4) is 0 Å².